The highest BCUT2D eigenvalue weighted by Gasteiger charge is 2.23. The molecule has 0 unspecified atom stereocenters. The van der Waals surface area contributed by atoms with Crippen molar-refractivity contribution in [2.75, 3.05) is 14.2 Å². The van der Waals surface area contributed by atoms with Crippen molar-refractivity contribution in [3.63, 3.8) is 0 Å². The van der Waals surface area contributed by atoms with Crippen molar-refractivity contribution in [2.45, 2.75) is 6.92 Å². The summed E-state index contributed by atoms with van der Waals surface area (Å²) in [6, 6.07) is 11.5. The minimum atomic E-state index is -0.464. The molecule has 0 amide bonds. The second-order valence-electron chi connectivity index (χ2n) is 4.81. The third-order valence-corrected chi connectivity index (χ3v) is 3.61. The molecule has 0 N–H and O–H groups in total. The van der Waals surface area contributed by atoms with Crippen LogP contribution >= 0.6 is 0 Å². The zero-order valence-electron chi connectivity index (χ0n) is 12.5. The van der Waals surface area contributed by atoms with E-state index >= 15 is 0 Å². The fraction of sp³-hybridized carbons (Fsp3) is 0.176. The van der Waals surface area contributed by atoms with Gasteiger partial charge in [0.25, 0.3) is 0 Å². The van der Waals surface area contributed by atoms with Crippen molar-refractivity contribution in [3.8, 4) is 17.0 Å². The van der Waals surface area contributed by atoms with Crippen LogP contribution < -0.4 is 4.74 Å². The van der Waals surface area contributed by atoms with Crippen molar-refractivity contribution >= 4 is 16.7 Å². The quantitative estimate of drug-likeness (QED) is 0.691. The molecule has 0 atom stereocenters. The predicted molar refractivity (Wildman–Crippen MR) is 82.1 cm³/mol. The highest BCUT2D eigenvalue weighted by molar-refractivity contribution is 6.05. The van der Waals surface area contributed by atoms with E-state index in [4.69, 9.17) is 14.0 Å². The van der Waals surface area contributed by atoms with Gasteiger partial charge in [-0.15, -0.1) is 0 Å². The van der Waals surface area contributed by atoms with Crippen LogP contribution in [0.2, 0.25) is 0 Å². The summed E-state index contributed by atoms with van der Waals surface area (Å²) in [6.07, 6.45) is 0. The van der Waals surface area contributed by atoms with Crippen molar-refractivity contribution in [3.05, 3.63) is 47.7 Å². The van der Waals surface area contributed by atoms with Crippen molar-refractivity contribution in [1.29, 1.82) is 0 Å². The molecule has 3 rings (SSSR count). The molecule has 5 heteroatoms. The van der Waals surface area contributed by atoms with Gasteiger partial charge in [0.2, 0.25) is 0 Å². The number of aryl methyl sites for hydroxylation is 1. The summed E-state index contributed by atoms with van der Waals surface area (Å²) in [5.41, 5.74) is 1.62. The first-order valence-corrected chi connectivity index (χ1v) is 6.78. The van der Waals surface area contributed by atoms with Gasteiger partial charge in [0.15, 0.2) is 0 Å². The van der Waals surface area contributed by atoms with E-state index in [0.717, 1.165) is 22.1 Å². The zero-order valence-corrected chi connectivity index (χ0v) is 12.5. The fourth-order valence-corrected chi connectivity index (χ4v) is 2.55. The molecule has 2 aromatic carbocycles. The van der Waals surface area contributed by atoms with Crippen LogP contribution in [0.1, 0.15) is 16.1 Å². The number of carbonyl (C=O) groups excluding carboxylic acids is 1. The van der Waals surface area contributed by atoms with Gasteiger partial charge in [0, 0.05) is 10.9 Å². The van der Waals surface area contributed by atoms with Crippen LogP contribution in [-0.2, 0) is 4.74 Å². The van der Waals surface area contributed by atoms with Crippen LogP contribution in [0.3, 0.4) is 0 Å². The van der Waals surface area contributed by atoms with Gasteiger partial charge in [-0.05, 0) is 24.4 Å². The normalized spacial score (nSPS) is 10.7. The van der Waals surface area contributed by atoms with Crippen molar-refractivity contribution < 1.29 is 18.8 Å². The summed E-state index contributed by atoms with van der Waals surface area (Å²) >= 11 is 0. The van der Waals surface area contributed by atoms with E-state index in [1.54, 1.807) is 14.0 Å². The number of carbonyl (C=O) groups is 1. The van der Waals surface area contributed by atoms with Gasteiger partial charge in [0.05, 0.1) is 14.2 Å². The van der Waals surface area contributed by atoms with Crippen LogP contribution in [0.4, 0.5) is 0 Å². The number of benzene rings is 2. The lowest BCUT2D eigenvalue weighted by molar-refractivity contribution is 0.0599. The smallest absolute Gasteiger partial charge is 0.343 e. The van der Waals surface area contributed by atoms with Crippen LogP contribution in [0.5, 0.6) is 5.75 Å². The molecule has 0 spiro atoms. The number of esters is 1. The van der Waals surface area contributed by atoms with Gasteiger partial charge < -0.3 is 14.0 Å². The summed E-state index contributed by atoms with van der Waals surface area (Å²) in [4.78, 5) is 12.0. The lowest BCUT2D eigenvalue weighted by Crippen LogP contribution is -2.03. The fourth-order valence-electron chi connectivity index (χ4n) is 2.55. The topological polar surface area (TPSA) is 61.6 Å². The van der Waals surface area contributed by atoms with Crippen LogP contribution in [0, 0.1) is 6.92 Å². The third kappa shape index (κ3) is 2.11. The van der Waals surface area contributed by atoms with Crippen LogP contribution in [0.25, 0.3) is 22.0 Å². The number of methoxy groups -OCH3 is 2. The molecular formula is C17H15NO4. The molecule has 0 aliphatic rings. The Morgan fingerprint density at radius 1 is 1.09 bits per heavy atom. The second-order valence-corrected chi connectivity index (χ2v) is 4.81. The van der Waals surface area contributed by atoms with Gasteiger partial charge >= 0.3 is 5.97 Å². The molecule has 0 radical (unpaired) electrons. The molecule has 112 valence electrons. The molecule has 3 aromatic rings. The maximum absolute atomic E-state index is 12.0. The Balaban J connectivity index is 2.31. The maximum atomic E-state index is 12.0. The molecule has 1 aromatic heterocycles. The van der Waals surface area contributed by atoms with Gasteiger partial charge in [-0.2, -0.15) is 0 Å². The summed E-state index contributed by atoms with van der Waals surface area (Å²) in [5.74, 6) is 0.731. The summed E-state index contributed by atoms with van der Waals surface area (Å²) in [7, 11) is 2.96. The van der Waals surface area contributed by atoms with Gasteiger partial charge in [0.1, 0.15) is 22.8 Å². The van der Waals surface area contributed by atoms with E-state index in [9.17, 15) is 4.79 Å². The average molecular weight is 297 g/mol. The number of fused-ring (bicyclic) bond motifs is 1. The molecule has 0 aliphatic carbocycles. The first-order chi connectivity index (χ1) is 10.7. The Morgan fingerprint density at radius 3 is 2.50 bits per heavy atom. The minimum Gasteiger partial charge on any atom is -0.496 e. The number of rotatable bonds is 3. The lowest BCUT2D eigenvalue weighted by Gasteiger charge is -2.09. The Morgan fingerprint density at radius 2 is 1.82 bits per heavy atom. The molecule has 0 aliphatic heterocycles. The largest absolute Gasteiger partial charge is 0.496 e. The average Bonchev–Trinajstić information content (AvgIpc) is 2.94. The molecule has 22 heavy (non-hydrogen) atoms. The summed E-state index contributed by atoms with van der Waals surface area (Å²) < 4.78 is 15.4. The summed E-state index contributed by atoms with van der Waals surface area (Å²) in [5, 5.41) is 5.92. The first kappa shape index (κ1) is 14.1. The van der Waals surface area contributed by atoms with E-state index in [-0.39, 0.29) is 0 Å². The molecule has 0 saturated carbocycles. The molecule has 0 bridgehead atoms. The zero-order chi connectivity index (χ0) is 15.7. The van der Waals surface area contributed by atoms with E-state index in [1.807, 2.05) is 36.4 Å². The standard InChI is InChI=1S/C17H15NO4/c1-10-15(17(19)21-3)16(18-22-10)13-8-9-14(20-2)12-7-5-4-6-11(12)13/h4-9H,1-3H3. The highest BCUT2D eigenvalue weighted by atomic mass is 16.5. The molecule has 5 nitrogen and oxygen atoms in total. The molecule has 0 saturated heterocycles. The Kier molecular flexibility index (Phi) is 3.55. The molecule has 1 heterocycles. The second kappa shape index (κ2) is 5.52. The molecule has 0 fully saturated rings. The monoisotopic (exact) mass is 297 g/mol. The van der Waals surface area contributed by atoms with Crippen molar-refractivity contribution in [2.24, 2.45) is 0 Å². The molecular weight excluding hydrogens is 282 g/mol. The summed E-state index contributed by atoms with van der Waals surface area (Å²) in [6.45, 7) is 1.69. The number of hydrogen-bond acceptors (Lipinski definition) is 5. The number of hydrogen-bond donors (Lipinski definition) is 0. The van der Waals surface area contributed by atoms with Gasteiger partial charge in [-0.25, -0.2) is 4.79 Å². The van der Waals surface area contributed by atoms with Crippen LogP contribution in [0.15, 0.2) is 40.9 Å². The third-order valence-electron chi connectivity index (χ3n) is 3.61. The van der Waals surface area contributed by atoms with Gasteiger partial charge in [-0.3, -0.25) is 0 Å². The lowest BCUT2D eigenvalue weighted by atomic mass is 9.98. The number of nitrogens with zero attached hydrogens (tertiary/aromatic N) is 1. The Bertz CT molecular complexity index is 851. The highest BCUT2D eigenvalue weighted by Crippen LogP contribution is 2.36. The van der Waals surface area contributed by atoms with Crippen molar-refractivity contribution in [1.82, 2.24) is 5.16 Å². The van der Waals surface area contributed by atoms with E-state index < -0.39 is 5.97 Å². The minimum absolute atomic E-state index is 0.345. The van der Waals surface area contributed by atoms with E-state index in [1.165, 1.54) is 7.11 Å². The maximum Gasteiger partial charge on any atom is 0.343 e. The predicted octanol–water partition coefficient (Wildman–Crippen LogP) is 3.60. The van der Waals surface area contributed by atoms with Crippen LogP contribution in [-0.4, -0.2) is 25.3 Å². The number of ether oxygens (including phenoxy) is 2. The van der Waals surface area contributed by atoms with E-state index in [0.29, 0.717) is 17.0 Å². The first-order valence-electron chi connectivity index (χ1n) is 6.78. The Hall–Kier alpha value is -2.82. The Labute approximate surface area is 127 Å². The number of aromatic nitrogens is 1. The SMILES string of the molecule is COC(=O)c1c(-c2ccc(OC)c3ccccc23)noc1C. The van der Waals surface area contributed by atoms with E-state index in [2.05, 4.69) is 5.16 Å². The van der Waals surface area contributed by atoms with Gasteiger partial charge in [-0.1, -0.05) is 29.4 Å².